The summed E-state index contributed by atoms with van der Waals surface area (Å²) >= 11 is 15.2. The SMILES string of the molecule is FC(F)(F)c1ccc(Cl)c(NCc2ccc(Br)cc2Cl)c1. The van der Waals surface area contributed by atoms with E-state index in [2.05, 4.69) is 21.2 Å². The first-order chi connectivity index (χ1) is 9.77. The predicted molar refractivity (Wildman–Crippen MR) is 82.9 cm³/mol. The predicted octanol–water partition coefficient (Wildman–Crippen LogP) is 6.39. The normalized spacial score (nSPS) is 11.5. The topological polar surface area (TPSA) is 12.0 Å². The van der Waals surface area contributed by atoms with E-state index in [0.717, 1.165) is 22.2 Å². The molecule has 0 saturated heterocycles. The summed E-state index contributed by atoms with van der Waals surface area (Å²) in [4.78, 5) is 0. The highest BCUT2D eigenvalue weighted by molar-refractivity contribution is 9.10. The summed E-state index contributed by atoms with van der Waals surface area (Å²) in [6.07, 6.45) is -4.41. The Balaban J connectivity index is 2.19. The summed E-state index contributed by atoms with van der Waals surface area (Å²) in [5.41, 5.74) is 0.218. The number of alkyl halides is 3. The molecule has 7 heteroatoms. The third-order valence-electron chi connectivity index (χ3n) is 2.78. The van der Waals surface area contributed by atoms with Crippen LogP contribution in [0.4, 0.5) is 18.9 Å². The molecule has 2 aromatic rings. The molecule has 0 aliphatic rings. The van der Waals surface area contributed by atoms with Gasteiger partial charge >= 0.3 is 6.18 Å². The summed E-state index contributed by atoms with van der Waals surface area (Å²) < 4.78 is 38.8. The van der Waals surface area contributed by atoms with Gasteiger partial charge in [0.05, 0.1) is 16.3 Å². The summed E-state index contributed by atoms with van der Waals surface area (Å²) in [5, 5.41) is 3.60. The fourth-order valence-corrected chi connectivity index (χ4v) is 2.62. The molecule has 0 radical (unpaired) electrons. The van der Waals surface area contributed by atoms with Crippen LogP contribution >= 0.6 is 39.1 Å². The van der Waals surface area contributed by atoms with Crippen LogP contribution in [0.2, 0.25) is 10.0 Å². The monoisotopic (exact) mass is 397 g/mol. The molecule has 0 unspecified atom stereocenters. The Kier molecular flexibility index (Phi) is 5.07. The van der Waals surface area contributed by atoms with Gasteiger partial charge in [-0.05, 0) is 35.9 Å². The second-order valence-electron chi connectivity index (χ2n) is 4.28. The summed E-state index contributed by atoms with van der Waals surface area (Å²) in [6.45, 7) is 0.271. The maximum atomic E-state index is 12.7. The zero-order valence-electron chi connectivity index (χ0n) is 10.4. The van der Waals surface area contributed by atoms with Crippen LogP contribution in [0.25, 0.3) is 0 Å². The molecule has 21 heavy (non-hydrogen) atoms. The van der Waals surface area contributed by atoms with Crippen LogP contribution in [0.3, 0.4) is 0 Å². The molecule has 0 fully saturated rings. The van der Waals surface area contributed by atoms with Crippen molar-refractivity contribution in [1.82, 2.24) is 0 Å². The maximum absolute atomic E-state index is 12.7. The van der Waals surface area contributed by atoms with Crippen LogP contribution in [-0.4, -0.2) is 0 Å². The highest BCUT2D eigenvalue weighted by Gasteiger charge is 2.30. The van der Waals surface area contributed by atoms with Gasteiger partial charge in [-0.2, -0.15) is 13.2 Å². The van der Waals surface area contributed by atoms with E-state index >= 15 is 0 Å². The van der Waals surface area contributed by atoms with Gasteiger partial charge in [-0.1, -0.05) is 45.2 Å². The molecule has 0 spiro atoms. The Hall–Kier alpha value is -0.910. The van der Waals surface area contributed by atoms with Gasteiger partial charge in [-0.15, -0.1) is 0 Å². The van der Waals surface area contributed by atoms with Crippen LogP contribution in [0.5, 0.6) is 0 Å². The van der Waals surface area contributed by atoms with Crippen LogP contribution in [-0.2, 0) is 12.7 Å². The summed E-state index contributed by atoms with van der Waals surface area (Å²) in [7, 11) is 0. The zero-order valence-corrected chi connectivity index (χ0v) is 13.5. The van der Waals surface area contributed by atoms with Crippen molar-refractivity contribution >= 4 is 44.8 Å². The average Bonchev–Trinajstić information content (AvgIpc) is 2.38. The Morgan fingerprint density at radius 2 is 1.71 bits per heavy atom. The van der Waals surface area contributed by atoms with E-state index in [1.54, 1.807) is 18.2 Å². The van der Waals surface area contributed by atoms with Crippen molar-refractivity contribution in [1.29, 1.82) is 0 Å². The van der Waals surface area contributed by atoms with Crippen molar-refractivity contribution in [3.8, 4) is 0 Å². The molecule has 0 amide bonds. The van der Waals surface area contributed by atoms with Crippen molar-refractivity contribution < 1.29 is 13.2 Å². The van der Waals surface area contributed by atoms with E-state index in [1.165, 1.54) is 6.07 Å². The van der Waals surface area contributed by atoms with Gasteiger partial charge in [0, 0.05) is 16.0 Å². The minimum absolute atomic E-state index is 0.213. The van der Waals surface area contributed by atoms with Gasteiger partial charge in [-0.25, -0.2) is 0 Å². The van der Waals surface area contributed by atoms with E-state index in [1.807, 2.05) is 0 Å². The van der Waals surface area contributed by atoms with E-state index in [0.29, 0.717) is 5.02 Å². The van der Waals surface area contributed by atoms with Gasteiger partial charge in [-0.3, -0.25) is 0 Å². The minimum Gasteiger partial charge on any atom is -0.380 e. The number of halogens is 6. The first-order valence-electron chi connectivity index (χ1n) is 5.82. The molecule has 1 N–H and O–H groups in total. The largest absolute Gasteiger partial charge is 0.416 e. The Labute approximate surface area is 138 Å². The lowest BCUT2D eigenvalue weighted by Gasteiger charge is -2.13. The molecule has 2 rings (SSSR count). The molecule has 112 valence electrons. The van der Waals surface area contributed by atoms with Crippen molar-refractivity contribution in [2.45, 2.75) is 12.7 Å². The van der Waals surface area contributed by atoms with E-state index in [4.69, 9.17) is 23.2 Å². The standard InChI is InChI=1S/C14H9BrCl2F3N/c15-10-3-1-8(12(17)6-10)7-21-13-5-9(14(18,19)20)2-4-11(13)16/h1-6,21H,7H2. The lowest BCUT2D eigenvalue weighted by molar-refractivity contribution is -0.137. The molecule has 2 aromatic carbocycles. The molecule has 0 heterocycles. The molecular weight excluding hydrogens is 390 g/mol. The molecular formula is C14H9BrCl2F3N. The summed E-state index contributed by atoms with van der Waals surface area (Å²) in [6, 6.07) is 8.44. The second kappa shape index (κ2) is 6.46. The average molecular weight is 399 g/mol. The van der Waals surface area contributed by atoms with Gasteiger partial charge in [0.25, 0.3) is 0 Å². The zero-order chi connectivity index (χ0) is 15.6. The smallest absolute Gasteiger partial charge is 0.380 e. The summed E-state index contributed by atoms with van der Waals surface area (Å²) in [5.74, 6) is 0. The van der Waals surface area contributed by atoms with Gasteiger partial charge in [0.15, 0.2) is 0 Å². The van der Waals surface area contributed by atoms with Crippen molar-refractivity contribution in [2.75, 3.05) is 5.32 Å². The van der Waals surface area contributed by atoms with E-state index in [-0.39, 0.29) is 17.3 Å². The lowest BCUT2D eigenvalue weighted by atomic mass is 10.1. The molecule has 0 aliphatic carbocycles. The molecule has 0 aromatic heterocycles. The Bertz CT molecular complexity index is 659. The molecule has 1 nitrogen and oxygen atoms in total. The van der Waals surface area contributed by atoms with Gasteiger partial charge in [0.2, 0.25) is 0 Å². The minimum atomic E-state index is -4.41. The van der Waals surface area contributed by atoms with Crippen LogP contribution in [0.1, 0.15) is 11.1 Å². The molecule has 0 atom stereocenters. The fourth-order valence-electron chi connectivity index (χ4n) is 1.69. The second-order valence-corrected chi connectivity index (χ2v) is 6.01. The lowest BCUT2D eigenvalue weighted by Crippen LogP contribution is -2.07. The molecule has 0 saturated carbocycles. The van der Waals surface area contributed by atoms with E-state index < -0.39 is 11.7 Å². The number of nitrogens with one attached hydrogen (secondary N) is 1. The molecule has 0 bridgehead atoms. The Morgan fingerprint density at radius 1 is 1.00 bits per heavy atom. The Morgan fingerprint density at radius 3 is 2.33 bits per heavy atom. The highest BCUT2D eigenvalue weighted by atomic mass is 79.9. The first kappa shape index (κ1) is 16.5. The number of anilines is 1. The van der Waals surface area contributed by atoms with Crippen LogP contribution < -0.4 is 5.32 Å². The maximum Gasteiger partial charge on any atom is 0.416 e. The number of rotatable bonds is 3. The third kappa shape index (κ3) is 4.28. The van der Waals surface area contributed by atoms with Gasteiger partial charge in [0.1, 0.15) is 0 Å². The van der Waals surface area contributed by atoms with Crippen molar-refractivity contribution in [2.24, 2.45) is 0 Å². The van der Waals surface area contributed by atoms with Crippen molar-refractivity contribution in [3.63, 3.8) is 0 Å². The quantitative estimate of drug-likeness (QED) is 0.631. The van der Waals surface area contributed by atoms with Crippen LogP contribution in [0.15, 0.2) is 40.9 Å². The highest BCUT2D eigenvalue weighted by Crippen LogP contribution is 2.34. The number of hydrogen-bond acceptors (Lipinski definition) is 1. The first-order valence-corrected chi connectivity index (χ1v) is 7.37. The number of benzene rings is 2. The number of hydrogen-bond donors (Lipinski definition) is 1. The van der Waals surface area contributed by atoms with E-state index in [9.17, 15) is 13.2 Å². The van der Waals surface area contributed by atoms with Crippen molar-refractivity contribution in [3.05, 3.63) is 62.0 Å². The van der Waals surface area contributed by atoms with Crippen LogP contribution in [0, 0.1) is 0 Å². The fraction of sp³-hybridized carbons (Fsp3) is 0.143. The third-order valence-corrected chi connectivity index (χ3v) is 3.95. The molecule has 0 aliphatic heterocycles. The van der Waals surface area contributed by atoms with Gasteiger partial charge < -0.3 is 5.32 Å².